The second-order valence-corrected chi connectivity index (χ2v) is 4.94. The minimum Gasteiger partial charge on any atom is -0.504 e. The number of esters is 1. The van der Waals surface area contributed by atoms with Crippen LogP contribution in [0.1, 0.15) is 18.1 Å². The number of rotatable bonds is 2. The van der Waals surface area contributed by atoms with Gasteiger partial charge in [-0.1, -0.05) is 36.9 Å². The Morgan fingerprint density at radius 3 is 2.70 bits per heavy atom. The molecule has 100 valence electrons. The molecular weight excluding hydrogens is 252 g/mol. The molecule has 2 aromatic carbocycles. The van der Waals surface area contributed by atoms with Gasteiger partial charge in [0.15, 0.2) is 11.5 Å². The van der Waals surface area contributed by atoms with Crippen LogP contribution in [-0.4, -0.2) is 11.1 Å². The molecule has 0 radical (unpaired) electrons. The molecule has 0 saturated heterocycles. The lowest BCUT2D eigenvalue weighted by atomic mass is 10.1. The zero-order valence-electron chi connectivity index (χ0n) is 11.1. The maximum atomic E-state index is 11.7. The molecule has 20 heavy (non-hydrogen) atoms. The minimum atomic E-state index is -0.523. The zero-order chi connectivity index (χ0) is 14.3. The lowest BCUT2D eigenvalue weighted by molar-refractivity contribution is -0.130. The number of carbonyl (C=O) groups excluding carboxylic acids is 1. The maximum Gasteiger partial charge on any atom is 0.338 e. The van der Waals surface area contributed by atoms with E-state index in [1.165, 1.54) is 5.56 Å². The largest absolute Gasteiger partial charge is 0.504 e. The van der Waals surface area contributed by atoms with Crippen LogP contribution >= 0.6 is 0 Å². The first-order chi connectivity index (χ1) is 9.58. The van der Waals surface area contributed by atoms with Gasteiger partial charge in [0.2, 0.25) is 0 Å². The highest BCUT2D eigenvalue weighted by Crippen LogP contribution is 2.45. The first-order valence-electron chi connectivity index (χ1n) is 6.38. The molecule has 0 spiro atoms. The van der Waals surface area contributed by atoms with E-state index in [-0.39, 0.29) is 11.5 Å². The number of phenols is 1. The van der Waals surface area contributed by atoms with Gasteiger partial charge >= 0.3 is 5.97 Å². The van der Waals surface area contributed by atoms with E-state index in [0.29, 0.717) is 12.0 Å². The highest BCUT2D eigenvalue weighted by Gasteiger charge is 2.25. The van der Waals surface area contributed by atoms with Crippen LogP contribution in [0.15, 0.2) is 48.6 Å². The van der Waals surface area contributed by atoms with Crippen LogP contribution in [0, 0.1) is 0 Å². The molecule has 0 atom stereocenters. The number of benzene rings is 2. The molecular formula is C17H14O3. The van der Waals surface area contributed by atoms with Gasteiger partial charge in [0.1, 0.15) is 0 Å². The van der Waals surface area contributed by atoms with Crippen LogP contribution in [0.3, 0.4) is 0 Å². The molecule has 1 aliphatic carbocycles. The molecule has 0 heterocycles. The third-order valence-corrected chi connectivity index (χ3v) is 3.46. The quantitative estimate of drug-likeness (QED) is 0.439. The van der Waals surface area contributed by atoms with Crippen LogP contribution in [0.2, 0.25) is 0 Å². The Balaban J connectivity index is 2.10. The zero-order valence-corrected chi connectivity index (χ0v) is 11.1. The van der Waals surface area contributed by atoms with E-state index in [1.54, 1.807) is 13.0 Å². The molecule has 0 saturated carbocycles. The van der Waals surface area contributed by atoms with Crippen molar-refractivity contribution in [2.75, 3.05) is 0 Å². The molecule has 1 N–H and O–H groups in total. The molecule has 3 nitrogen and oxygen atoms in total. The molecule has 0 fully saturated rings. The summed E-state index contributed by atoms with van der Waals surface area (Å²) in [6.45, 7) is 5.14. The molecule has 0 unspecified atom stereocenters. The molecule has 1 aliphatic rings. The first kappa shape index (κ1) is 12.5. The first-order valence-corrected chi connectivity index (χ1v) is 6.38. The molecule has 3 rings (SSSR count). The molecule has 0 bridgehead atoms. The summed E-state index contributed by atoms with van der Waals surface area (Å²) in [5, 5.41) is 9.98. The summed E-state index contributed by atoms with van der Waals surface area (Å²) in [7, 11) is 0. The van der Waals surface area contributed by atoms with Crippen LogP contribution < -0.4 is 4.74 Å². The Bertz CT molecular complexity index is 729. The third-order valence-electron chi connectivity index (χ3n) is 3.46. The number of aromatic hydroxyl groups is 1. The van der Waals surface area contributed by atoms with Crippen molar-refractivity contribution in [3.63, 3.8) is 0 Å². The van der Waals surface area contributed by atoms with E-state index in [1.807, 2.05) is 30.3 Å². The minimum absolute atomic E-state index is 0.0221. The fourth-order valence-electron chi connectivity index (χ4n) is 2.46. The van der Waals surface area contributed by atoms with E-state index in [4.69, 9.17) is 4.74 Å². The van der Waals surface area contributed by atoms with E-state index in [9.17, 15) is 9.90 Å². The summed E-state index contributed by atoms with van der Waals surface area (Å²) in [4.78, 5) is 11.7. The van der Waals surface area contributed by atoms with Crippen molar-refractivity contribution in [1.82, 2.24) is 0 Å². The number of carbonyl (C=O) groups is 1. The normalized spacial score (nSPS) is 11.7. The number of fused-ring (bicyclic) bond motifs is 3. The van der Waals surface area contributed by atoms with Crippen LogP contribution in [-0.2, 0) is 11.2 Å². The monoisotopic (exact) mass is 266 g/mol. The number of hydrogen-bond donors (Lipinski definition) is 1. The van der Waals surface area contributed by atoms with Crippen LogP contribution in [0.4, 0.5) is 0 Å². The van der Waals surface area contributed by atoms with E-state index >= 15 is 0 Å². The maximum absolute atomic E-state index is 11.7. The Hall–Kier alpha value is -2.55. The van der Waals surface area contributed by atoms with E-state index in [2.05, 4.69) is 6.58 Å². The average molecular weight is 266 g/mol. The smallest absolute Gasteiger partial charge is 0.338 e. The Labute approximate surface area is 117 Å². The van der Waals surface area contributed by atoms with Gasteiger partial charge in [-0.05, 0) is 29.7 Å². The van der Waals surface area contributed by atoms with Gasteiger partial charge in [0.25, 0.3) is 0 Å². The second-order valence-electron chi connectivity index (χ2n) is 4.94. The topological polar surface area (TPSA) is 46.5 Å². The van der Waals surface area contributed by atoms with Gasteiger partial charge < -0.3 is 9.84 Å². The molecule has 2 aromatic rings. The Morgan fingerprint density at radius 2 is 1.95 bits per heavy atom. The van der Waals surface area contributed by atoms with Gasteiger partial charge in [0, 0.05) is 17.6 Å². The average Bonchev–Trinajstić information content (AvgIpc) is 2.80. The van der Waals surface area contributed by atoms with E-state index in [0.717, 1.165) is 16.7 Å². The van der Waals surface area contributed by atoms with Crippen molar-refractivity contribution in [1.29, 1.82) is 0 Å². The standard InChI is InChI=1S/C17H14O3/c1-10(2)17(19)20-16-14-9-11-5-3-4-6-12(11)13(14)7-8-15(16)18/h3-8,18H,1,9H2,2H3. The van der Waals surface area contributed by atoms with E-state index < -0.39 is 5.97 Å². The predicted octanol–water partition coefficient (Wildman–Crippen LogP) is 3.44. The fourth-order valence-corrected chi connectivity index (χ4v) is 2.46. The SMILES string of the molecule is C=C(C)C(=O)Oc1c(O)ccc2c1Cc1ccccc1-2. The Morgan fingerprint density at radius 1 is 1.20 bits per heavy atom. The van der Waals surface area contributed by atoms with Gasteiger partial charge in [-0.25, -0.2) is 4.79 Å². The van der Waals surface area contributed by atoms with Crippen molar-refractivity contribution in [3.05, 3.63) is 59.7 Å². The van der Waals surface area contributed by atoms with Crippen LogP contribution in [0.5, 0.6) is 11.5 Å². The summed E-state index contributed by atoms with van der Waals surface area (Å²) < 4.78 is 5.29. The highest BCUT2D eigenvalue weighted by atomic mass is 16.5. The number of phenolic OH excluding ortho intramolecular Hbond substituents is 1. The Kier molecular flexibility index (Phi) is 2.83. The summed E-state index contributed by atoms with van der Waals surface area (Å²) in [6.07, 6.45) is 0.651. The summed E-state index contributed by atoms with van der Waals surface area (Å²) in [5.74, 6) is -0.303. The van der Waals surface area contributed by atoms with Gasteiger partial charge in [-0.15, -0.1) is 0 Å². The summed E-state index contributed by atoms with van der Waals surface area (Å²) in [6, 6.07) is 11.4. The van der Waals surface area contributed by atoms with Gasteiger partial charge in [-0.3, -0.25) is 0 Å². The van der Waals surface area contributed by atoms with Crippen molar-refractivity contribution in [3.8, 4) is 22.6 Å². The highest BCUT2D eigenvalue weighted by molar-refractivity contribution is 5.90. The number of ether oxygens (including phenoxy) is 1. The molecule has 0 aliphatic heterocycles. The lowest BCUT2D eigenvalue weighted by Gasteiger charge is -2.11. The number of hydrogen-bond acceptors (Lipinski definition) is 3. The lowest BCUT2D eigenvalue weighted by Crippen LogP contribution is -2.09. The molecule has 3 heteroatoms. The summed E-state index contributed by atoms with van der Waals surface area (Å²) in [5.41, 5.74) is 4.44. The van der Waals surface area contributed by atoms with Gasteiger partial charge in [-0.2, -0.15) is 0 Å². The van der Waals surface area contributed by atoms with Crippen molar-refractivity contribution < 1.29 is 14.6 Å². The molecule has 0 amide bonds. The van der Waals surface area contributed by atoms with Crippen LogP contribution in [0.25, 0.3) is 11.1 Å². The predicted molar refractivity (Wildman–Crippen MR) is 76.8 cm³/mol. The second kappa shape index (κ2) is 4.53. The fraction of sp³-hybridized carbons (Fsp3) is 0.118. The third kappa shape index (κ3) is 1.88. The van der Waals surface area contributed by atoms with Crippen molar-refractivity contribution >= 4 is 5.97 Å². The summed E-state index contributed by atoms with van der Waals surface area (Å²) >= 11 is 0. The van der Waals surface area contributed by atoms with Gasteiger partial charge in [0.05, 0.1) is 0 Å². The molecule has 0 aromatic heterocycles. The van der Waals surface area contributed by atoms with Crippen molar-refractivity contribution in [2.45, 2.75) is 13.3 Å². The van der Waals surface area contributed by atoms with Crippen molar-refractivity contribution in [2.24, 2.45) is 0 Å².